The summed E-state index contributed by atoms with van der Waals surface area (Å²) < 4.78 is 30.3. The van der Waals surface area contributed by atoms with Gasteiger partial charge in [-0.25, -0.2) is 13.2 Å². The van der Waals surface area contributed by atoms with Gasteiger partial charge in [-0.15, -0.1) is 0 Å². The van der Waals surface area contributed by atoms with Crippen LogP contribution in [0.25, 0.3) is 0 Å². The van der Waals surface area contributed by atoms with Crippen LogP contribution >= 0.6 is 0 Å². The Morgan fingerprint density at radius 1 is 1.14 bits per heavy atom. The average Bonchev–Trinajstić information content (AvgIpc) is 2.85. The van der Waals surface area contributed by atoms with Gasteiger partial charge in [0.05, 0.1) is 17.4 Å². The fourth-order valence-corrected chi connectivity index (χ4v) is 6.09. The number of para-hydroxylation sites is 1. The molecular formula is C31H51N3O7S. The van der Waals surface area contributed by atoms with Crippen molar-refractivity contribution < 1.29 is 32.6 Å². The zero-order valence-corrected chi connectivity index (χ0v) is 27.3. The van der Waals surface area contributed by atoms with E-state index in [0.29, 0.717) is 18.7 Å². The van der Waals surface area contributed by atoms with E-state index in [2.05, 4.69) is 10.6 Å². The Balaban J connectivity index is 2.23. The van der Waals surface area contributed by atoms with Crippen molar-refractivity contribution in [2.75, 3.05) is 24.2 Å². The molecule has 0 bridgehead atoms. The number of rotatable bonds is 13. The topological polar surface area (TPSA) is 142 Å². The SMILES string of the molecule is CCCCNC(=O)[C@H](C)C[C@H](O)[C@H](CC(C)(C)CC(=O)N1C[C@H](S(C)(=O)=O)Cc2ccccc21)NC(=O)OC(C)(C)C. The van der Waals surface area contributed by atoms with E-state index in [-0.39, 0.29) is 37.6 Å². The van der Waals surface area contributed by atoms with Crippen LogP contribution in [0.4, 0.5) is 10.5 Å². The molecule has 42 heavy (non-hydrogen) atoms. The van der Waals surface area contributed by atoms with Gasteiger partial charge in [-0.2, -0.15) is 0 Å². The van der Waals surface area contributed by atoms with E-state index in [0.717, 1.165) is 18.4 Å². The summed E-state index contributed by atoms with van der Waals surface area (Å²) in [7, 11) is -3.38. The molecule has 0 aromatic heterocycles. The lowest BCUT2D eigenvalue weighted by Gasteiger charge is -2.37. The first-order chi connectivity index (χ1) is 19.3. The molecule has 1 aliphatic rings. The number of ether oxygens (including phenoxy) is 1. The lowest BCUT2D eigenvalue weighted by molar-refractivity contribution is -0.125. The zero-order chi connectivity index (χ0) is 31.9. The minimum absolute atomic E-state index is 0.0457. The van der Waals surface area contributed by atoms with Crippen LogP contribution in [-0.4, -0.2) is 73.8 Å². The number of nitrogens with zero attached hydrogens (tertiary/aromatic N) is 1. The number of unbranched alkanes of at least 4 members (excludes halogenated alkanes) is 1. The molecule has 1 aliphatic heterocycles. The molecule has 0 spiro atoms. The number of carbonyl (C=O) groups is 3. The number of amides is 3. The van der Waals surface area contributed by atoms with Gasteiger partial charge < -0.3 is 25.4 Å². The molecule has 2 rings (SSSR count). The molecule has 238 valence electrons. The first kappa shape index (κ1) is 35.5. The number of anilines is 1. The van der Waals surface area contributed by atoms with Crippen molar-refractivity contribution in [3.05, 3.63) is 29.8 Å². The van der Waals surface area contributed by atoms with Crippen molar-refractivity contribution in [3.8, 4) is 0 Å². The quantitative estimate of drug-likeness (QED) is 0.287. The van der Waals surface area contributed by atoms with Gasteiger partial charge in [0.15, 0.2) is 9.84 Å². The van der Waals surface area contributed by atoms with Crippen molar-refractivity contribution in [1.82, 2.24) is 10.6 Å². The standard InChI is InChI=1S/C31H51N3O7S/c1-9-10-15-32-28(37)21(2)16-26(35)24(33-29(38)41-30(3,4)5)18-31(6,7)19-27(36)34-20-23(42(8,39)40)17-22-13-11-12-14-25(22)34/h11-14,21,23-24,26,35H,9-10,15-20H2,1-8H3,(H,32,37)(H,33,38)/t21-,23-,24+,26+/m1/s1. The van der Waals surface area contributed by atoms with Gasteiger partial charge in [-0.1, -0.05) is 52.3 Å². The summed E-state index contributed by atoms with van der Waals surface area (Å²) in [5.41, 5.74) is 0.0353. The Morgan fingerprint density at radius 2 is 1.79 bits per heavy atom. The van der Waals surface area contributed by atoms with Crippen LogP contribution in [0.15, 0.2) is 24.3 Å². The molecule has 10 nitrogen and oxygen atoms in total. The second-order valence-electron chi connectivity index (χ2n) is 13.4. The number of hydrogen-bond donors (Lipinski definition) is 3. The summed E-state index contributed by atoms with van der Waals surface area (Å²) in [4.78, 5) is 40.5. The molecule has 1 aromatic carbocycles. The summed E-state index contributed by atoms with van der Waals surface area (Å²) >= 11 is 0. The molecule has 0 fully saturated rings. The maximum atomic E-state index is 13.7. The Bertz CT molecular complexity index is 1190. The van der Waals surface area contributed by atoms with Gasteiger partial charge in [-0.05, 0) is 63.5 Å². The second-order valence-corrected chi connectivity index (χ2v) is 15.8. The van der Waals surface area contributed by atoms with Crippen molar-refractivity contribution in [2.24, 2.45) is 11.3 Å². The summed E-state index contributed by atoms with van der Waals surface area (Å²) in [5.74, 6) is -0.908. The third-order valence-corrected chi connectivity index (χ3v) is 8.99. The predicted octanol–water partition coefficient (Wildman–Crippen LogP) is 3.99. The lowest BCUT2D eigenvalue weighted by Crippen LogP contribution is -2.50. The van der Waals surface area contributed by atoms with E-state index in [1.54, 1.807) is 32.6 Å². The summed E-state index contributed by atoms with van der Waals surface area (Å²) in [5, 5.41) is 16.2. The van der Waals surface area contributed by atoms with Gasteiger partial charge in [0.1, 0.15) is 5.60 Å². The first-order valence-corrected chi connectivity index (χ1v) is 16.8. The van der Waals surface area contributed by atoms with E-state index in [9.17, 15) is 27.9 Å². The number of aliphatic hydroxyl groups excluding tert-OH is 1. The molecule has 0 saturated carbocycles. The Labute approximate surface area is 251 Å². The number of nitrogens with one attached hydrogen (secondary N) is 2. The molecule has 11 heteroatoms. The number of fused-ring (bicyclic) bond motifs is 1. The first-order valence-electron chi connectivity index (χ1n) is 14.9. The van der Waals surface area contributed by atoms with Crippen LogP contribution in [0.3, 0.4) is 0 Å². The number of carbonyl (C=O) groups excluding carboxylic acids is 3. The highest BCUT2D eigenvalue weighted by atomic mass is 32.2. The van der Waals surface area contributed by atoms with Gasteiger partial charge in [0.25, 0.3) is 0 Å². The molecule has 4 atom stereocenters. The minimum Gasteiger partial charge on any atom is -0.444 e. The van der Waals surface area contributed by atoms with E-state index in [4.69, 9.17) is 4.74 Å². The molecule has 1 heterocycles. The third kappa shape index (κ3) is 11.2. The molecular weight excluding hydrogens is 558 g/mol. The maximum Gasteiger partial charge on any atom is 0.407 e. The van der Waals surface area contributed by atoms with Crippen LogP contribution in [-0.2, 0) is 30.6 Å². The molecule has 0 aliphatic carbocycles. The van der Waals surface area contributed by atoms with Gasteiger partial charge in [0.2, 0.25) is 11.8 Å². The fraction of sp³-hybridized carbons (Fsp3) is 0.710. The number of alkyl carbamates (subject to hydrolysis) is 1. The van der Waals surface area contributed by atoms with E-state index >= 15 is 0 Å². The highest BCUT2D eigenvalue weighted by molar-refractivity contribution is 7.91. The minimum atomic E-state index is -3.38. The highest BCUT2D eigenvalue weighted by Crippen LogP contribution is 2.34. The third-order valence-electron chi connectivity index (χ3n) is 7.46. The number of benzene rings is 1. The summed E-state index contributed by atoms with van der Waals surface area (Å²) in [6, 6.07) is 6.51. The second kappa shape index (κ2) is 14.7. The van der Waals surface area contributed by atoms with Gasteiger partial charge >= 0.3 is 6.09 Å². The van der Waals surface area contributed by atoms with Crippen LogP contribution in [0.1, 0.15) is 86.1 Å². The molecule has 3 amide bonds. The predicted molar refractivity (Wildman–Crippen MR) is 165 cm³/mol. The molecule has 0 saturated heterocycles. The number of hydrogen-bond acceptors (Lipinski definition) is 7. The van der Waals surface area contributed by atoms with Crippen molar-refractivity contribution in [2.45, 2.75) is 110 Å². The van der Waals surface area contributed by atoms with E-state index in [1.165, 1.54) is 6.26 Å². The van der Waals surface area contributed by atoms with Crippen LogP contribution in [0.2, 0.25) is 0 Å². The highest BCUT2D eigenvalue weighted by Gasteiger charge is 2.38. The van der Waals surface area contributed by atoms with Crippen LogP contribution < -0.4 is 15.5 Å². The molecule has 3 N–H and O–H groups in total. The van der Waals surface area contributed by atoms with E-state index in [1.807, 2.05) is 45.0 Å². The molecule has 0 radical (unpaired) electrons. The normalized spacial score (nSPS) is 17.9. The largest absolute Gasteiger partial charge is 0.444 e. The maximum absolute atomic E-state index is 13.7. The molecule has 0 unspecified atom stereocenters. The number of aliphatic hydroxyl groups is 1. The fourth-order valence-electron chi connectivity index (χ4n) is 5.19. The van der Waals surface area contributed by atoms with E-state index < -0.39 is 50.3 Å². The van der Waals surface area contributed by atoms with Crippen molar-refractivity contribution in [1.29, 1.82) is 0 Å². The summed E-state index contributed by atoms with van der Waals surface area (Å²) in [6.07, 6.45) is 1.94. The average molecular weight is 610 g/mol. The van der Waals surface area contributed by atoms with Crippen LogP contribution in [0.5, 0.6) is 0 Å². The van der Waals surface area contributed by atoms with Gasteiger partial charge in [0, 0.05) is 37.4 Å². The molecule has 1 aromatic rings. The van der Waals surface area contributed by atoms with Crippen molar-refractivity contribution in [3.63, 3.8) is 0 Å². The monoisotopic (exact) mass is 609 g/mol. The Kier molecular flexibility index (Phi) is 12.4. The zero-order valence-electron chi connectivity index (χ0n) is 26.5. The number of sulfone groups is 1. The Hall–Kier alpha value is -2.66. The lowest BCUT2D eigenvalue weighted by atomic mass is 9.79. The van der Waals surface area contributed by atoms with Crippen molar-refractivity contribution >= 4 is 33.4 Å². The van der Waals surface area contributed by atoms with Gasteiger partial charge in [-0.3, -0.25) is 9.59 Å². The Morgan fingerprint density at radius 3 is 2.38 bits per heavy atom. The summed E-state index contributed by atoms with van der Waals surface area (Å²) in [6.45, 7) is 13.3. The smallest absolute Gasteiger partial charge is 0.407 e. The van der Waals surface area contributed by atoms with Crippen LogP contribution in [0, 0.1) is 11.3 Å².